The number of amides is 2. The van der Waals surface area contributed by atoms with Gasteiger partial charge in [-0.05, 0) is 53.8 Å². The van der Waals surface area contributed by atoms with E-state index in [1.165, 1.54) is 6.07 Å². The second-order valence-corrected chi connectivity index (χ2v) is 6.79. The van der Waals surface area contributed by atoms with Crippen LogP contribution in [0.25, 0.3) is 0 Å². The van der Waals surface area contributed by atoms with Crippen LogP contribution in [-0.4, -0.2) is 56.1 Å². The molecule has 0 fully saturated rings. The first kappa shape index (κ1) is 20.4. The van der Waals surface area contributed by atoms with Crippen LogP contribution in [0, 0.1) is 0 Å². The minimum atomic E-state index is -0.340. The van der Waals surface area contributed by atoms with Crippen LogP contribution in [0.3, 0.4) is 0 Å². The Bertz CT molecular complexity index is 889. The molecule has 3 rings (SSSR count). The van der Waals surface area contributed by atoms with Crippen molar-refractivity contribution in [3.8, 4) is 28.7 Å². The highest BCUT2D eigenvalue weighted by Gasteiger charge is 2.32. The Morgan fingerprint density at radius 1 is 1.07 bits per heavy atom. The van der Waals surface area contributed by atoms with Gasteiger partial charge in [0.05, 0.1) is 27.4 Å². The Morgan fingerprint density at radius 2 is 1.69 bits per heavy atom. The first-order chi connectivity index (χ1) is 13.9. The second-order valence-electron chi connectivity index (χ2n) is 6.79. The maximum Gasteiger partial charge on any atom is 0.317 e. The van der Waals surface area contributed by atoms with E-state index in [-0.39, 0.29) is 23.6 Å². The molecule has 0 radical (unpaired) electrons. The second kappa shape index (κ2) is 8.38. The number of nitrogens with one attached hydrogen (secondary N) is 1. The Balaban J connectivity index is 2.07. The number of nitrogens with zero attached hydrogens (tertiary/aromatic N) is 1. The third kappa shape index (κ3) is 3.83. The highest BCUT2D eigenvalue weighted by atomic mass is 16.5. The van der Waals surface area contributed by atoms with E-state index in [4.69, 9.17) is 14.2 Å². The van der Waals surface area contributed by atoms with Crippen molar-refractivity contribution in [3.05, 3.63) is 41.0 Å². The number of methoxy groups -OCH3 is 3. The summed E-state index contributed by atoms with van der Waals surface area (Å²) in [5.74, 6) is 1.17. The van der Waals surface area contributed by atoms with Crippen molar-refractivity contribution >= 4 is 6.03 Å². The van der Waals surface area contributed by atoms with E-state index in [9.17, 15) is 15.0 Å². The summed E-state index contributed by atoms with van der Waals surface area (Å²) in [5.41, 5.74) is 2.57. The molecule has 2 amide bonds. The van der Waals surface area contributed by atoms with Gasteiger partial charge in [0, 0.05) is 13.6 Å². The van der Waals surface area contributed by atoms with Crippen LogP contribution in [0.1, 0.15) is 22.7 Å². The minimum absolute atomic E-state index is 0.163. The molecule has 2 aromatic carbocycles. The average molecular weight is 402 g/mol. The van der Waals surface area contributed by atoms with E-state index in [1.54, 1.807) is 39.3 Å². The van der Waals surface area contributed by atoms with Crippen molar-refractivity contribution in [2.24, 2.45) is 0 Å². The highest BCUT2D eigenvalue weighted by molar-refractivity contribution is 5.75. The summed E-state index contributed by atoms with van der Waals surface area (Å²) in [6.07, 6.45) is 1.05. The van der Waals surface area contributed by atoms with Crippen molar-refractivity contribution in [1.82, 2.24) is 10.2 Å². The number of hydrogen-bond acceptors (Lipinski definition) is 6. The Morgan fingerprint density at radius 3 is 2.24 bits per heavy atom. The Labute approximate surface area is 169 Å². The van der Waals surface area contributed by atoms with Gasteiger partial charge < -0.3 is 34.6 Å². The van der Waals surface area contributed by atoms with Crippen molar-refractivity contribution in [2.75, 3.05) is 34.9 Å². The number of carbonyl (C=O) groups is 1. The van der Waals surface area contributed by atoms with Crippen LogP contribution in [0.15, 0.2) is 24.3 Å². The number of urea groups is 1. The SMILES string of the molecule is CNC(=O)N1CCc2cc(O)c(O)cc2C1Cc1cc(OC)c(OC)c(OC)c1. The number of phenols is 2. The van der Waals surface area contributed by atoms with Gasteiger partial charge in [0.15, 0.2) is 23.0 Å². The van der Waals surface area contributed by atoms with E-state index in [0.29, 0.717) is 36.6 Å². The van der Waals surface area contributed by atoms with Crippen LogP contribution in [0.2, 0.25) is 0 Å². The number of benzene rings is 2. The summed E-state index contributed by atoms with van der Waals surface area (Å²) in [6, 6.07) is 6.24. The van der Waals surface area contributed by atoms with E-state index >= 15 is 0 Å². The fourth-order valence-corrected chi connectivity index (χ4v) is 3.81. The zero-order valence-corrected chi connectivity index (χ0v) is 17.0. The van der Waals surface area contributed by atoms with E-state index in [2.05, 4.69) is 5.32 Å². The van der Waals surface area contributed by atoms with Gasteiger partial charge in [-0.1, -0.05) is 0 Å². The molecule has 2 aromatic rings. The van der Waals surface area contributed by atoms with Gasteiger partial charge in [-0.2, -0.15) is 0 Å². The van der Waals surface area contributed by atoms with Gasteiger partial charge >= 0.3 is 6.03 Å². The van der Waals surface area contributed by atoms with Gasteiger partial charge in [-0.15, -0.1) is 0 Å². The molecule has 1 heterocycles. The molecule has 3 N–H and O–H groups in total. The molecule has 0 saturated carbocycles. The molecule has 156 valence electrons. The molecule has 0 saturated heterocycles. The van der Waals surface area contributed by atoms with E-state index < -0.39 is 0 Å². The lowest BCUT2D eigenvalue weighted by Crippen LogP contribution is -2.45. The number of ether oxygens (including phenoxy) is 3. The molecule has 8 nitrogen and oxygen atoms in total. The zero-order chi connectivity index (χ0) is 21.1. The maximum absolute atomic E-state index is 12.5. The predicted molar refractivity (Wildman–Crippen MR) is 107 cm³/mol. The number of rotatable bonds is 5. The normalized spacial score (nSPS) is 15.4. The van der Waals surface area contributed by atoms with Gasteiger partial charge in [-0.3, -0.25) is 0 Å². The Hall–Kier alpha value is -3.29. The maximum atomic E-state index is 12.5. The lowest BCUT2D eigenvalue weighted by Gasteiger charge is -2.37. The lowest BCUT2D eigenvalue weighted by atomic mass is 9.88. The summed E-state index contributed by atoms with van der Waals surface area (Å²) in [4.78, 5) is 14.2. The molecule has 0 aromatic heterocycles. The molecule has 8 heteroatoms. The van der Waals surface area contributed by atoms with Crippen LogP contribution >= 0.6 is 0 Å². The average Bonchev–Trinajstić information content (AvgIpc) is 2.73. The number of carbonyl (C=O) groups excluding carboxylic acids is 1. The van der Waals surface area contributed by atoms with Crippen LogP contribution in [0.5, 0.6) is 28.7 Å². The molecule has 0 spiro atoms. The van der Waals surface area contributed by atoms with Crippen molar-refractivity contribution in [1.29, 1.82) is 0 Å². The van der Waals surface area contributed by atoms with Crippen molar-refractivity contribution < 1.29 is 29.2 Å². The first-order valence-corrected chi connectivity index (χ1v) is 9.25. The van der Waals surface area contributed by atoms with Crippen molar-refractivity contribution in [2.45, 2.75) is 18.9 Å². The topological polar surface area (TPSA) is 100 Å². The number of aromatic hydroxyl groups is 2. The fourth-order valence-electron chi connectivity index (χ4n) is 3.81. The van der Waals surface area contributed by atoms with Gasteiger partial charge in [-0.25, -0.2) is 4.79 Å². The quantitative estimate of drug-likeness (QED) is 0.665. The molecule has 1 unspecified atom stereocenters. The number of phenolic OH excluding ortho intramolecular Hbond substituents is 2. The standard InChI is InChI=1S/C21H26N2O6/c1-22-21(26)23-6-5-13-10-16(24)17(25)11-14(13)15(23)7-12-8-18(27-2)20(29-4)19(9-12)28-3/h8-11,15,24-25H,5-7H2,1-4H3,(H,22,26). The van der Waals surface area contributed by atoms with E-state index in [0.717, 1.165) is 16.7 Å². The van der Waals surface area contributed by atoms with Crippen LogP contribution in [-0.2, 0) is 12.8 Å². The van der Waals surface area contributed by atoms with Gasteiger partial charge in [0.25, 0.3) is 0 Å². The molecule has 29 heavy (non-hydrogen) atoms. The molecule has 1 atom stereocenters. The third-order valence-electron chi connectivity index (χ3n) is 5.22. The molecule has 0 aliphatic carbocycles. The fraction of sp³-hybridized carbons (Fsp3) is 0.381. The summed E-state index contributed by atoms with van der Waals surface area (Å²) >= 11 is 0. The van der Waals surface area contributed by atoms with Crippen LogP contribution in [0.4, 0.5) is 4.79 Å². The number of fused-ring (bicyclic) bond motifs is 1. The third-order valence-corrected chi connectivity index (χ3v) is 5.22. The molecule has 1 aliphatic heterocycles. The molecular formula is C21H26N2O6. The van der Waals surface area contributed by atoms with Gasteiger partial charge in [0.1, 0.15) is 0 Å². The highest BCUT2D eigenvalue weighted by Crippen LogP contribution is 2.42. The largest absolute Gasteiger partial charge is 0.504 e. The summed E-state index contributed by atoms with van der Waals surface area (Å²) < 4.78 is 16.3. The Kier molecular flexibility index (Phi) is 5.91. The summed E-state index contributed by atoms with van der Waals surface area (Å²) in [7, 11) is 6.23. The monoisotopic (exact) mass is 402 g/mol. The van der Waals surface area contributed by atoms with Gasteiger partial charge in [0.2, 0.25) is 5.75 Å². The molecule has 0 bridgehead atoms. The molecular weight excluding hydrogens is 376 g/mol. The summed E-state index contributed by atoms with van der Waals surface area (Å²) in [5, 5.41) is 22.6. The first-order valence-electron chi connectivity index (χ1n) is 9.25. The van der Waals surface area contributed by atoms with Crippen LogP contribution < -0.4 is 19.5 Å². The zero-order valence-electron chi connectivity index (χ0n) is 17.0. The number of hydrogen-bond donors (Lipinski definition) is 3. The van der Waals surface area contributed by atoms with E-state index in [1.807, 2.05) is 12.1 Å². The smallest absolute Gasteiger partial charge is 0.317 e. The molecule has 1 aliphatic rings. The predicted octanol–water partition coefficient (Wildman–Crippen LogP) is 2.60. The minimum Gasteiger partial charge on any atom is -0.504 e. The lowest BCUT2D eigenvalue weighted by molar-refractivity contribution is 0.170. The summed E-state index contributed by atoms with van der Waals surface area (Å²) in [6.45, 7) is 0.492. The van der Waals surface area contributed by atoms with Crippen molar-refractivity contribution in [3.63, 3.8) is 0 Å².